The maximum absolute atomic E-state index is 16.5. The molecule has 3 fully saturated rings. The van der Waals surface area contributed by atoms with Crippen LogP contribution >= 0.6 is 27.3 Å². The number of nitrogen functional groups attached to an aromatic ring is 2. The van der Waals surface area contributed by atoms with Crippen molar-refractivity contribution < 1.29 is 45.5 Å². The molecule has 4 aromatic rings. The standard InChI is InChI=1S/C21H24F2N10O8P2S/c1-21(23)14-9(39-20(21)33-7-31-12-16(25)27-5-29-18(12)33)3-37-43(35,44)41-13-8(2-36-42(34)40-14)38-19(10(13)22)32-6-30-11-15(24)26-4-28-17(11)32/h4-10,13-14,19-20,42H,2-3H2,1H3,(H,35,44)(H2,24,26,28)(H2,25,27,29)/t8-,9-,10-,13-,14-,19-,20-,21-,43-/m1/s1. The Hall–Kier alpha value is -2.87. The molecular weight excluding hydrogens is 652 g/mol. The Kier molecular flexibility index (Phi) is 7.38. The van der Waals surface area contributed by atoms with E-state index in [0.717, 1.165) is 6.92 Å². The van der Waals surface area contributed by atoms with Crippen molar-refractivity contribution in [2.24, 2.45) is 0 Å². The molecule has 1 unspecified atom stereocenters. The molecule has 7 heterocycles. The van der Waals surface area contributed by atoms with Crippen LogP contribution in [0.25, 0.3) is 22.3 Å². The lowest BCUT2D eigenvalue weighted by Gasteiger charge is -2.29. The lowest BCUT2D eigenvalue weighted by Crippen LogP contribution is -2.42. The van der Waals surface area contributed by atoms with E-state index in [1.54, 1.807) is 0 Å². The van der Waals surface area contributed by atoms with E-state index >= 15 is 8.78 Å². The number of nitrogens with zero attached hydrogens (tertiary/aromatic N) is 8. The van der Waals surface area contributed by atoms with E-state index in [2.05, 4.69) is 42.2 Å². The van der Waals surface area contributed by atoms with Crippen LogP contribution in [0, 0.1) is 0 Å². The zero-order chi connectivity index (χ0) is 31.0. The average molecular weight is 676 g/mol. The first-order valence-electron chi connectivity index (χ1n) is 12.9. The zero-order valence-electron chi connectivity index (χ0n) is 22.4. The second kappa shape index (κ2) is 10.9. The molecule has 0 aromatic carbocycles. The minimum Gasteiger partial charge on any atom is -0.382 e. The highest BCUT2D eigenvalue weighted by Gasteiger charge is 2.59. The van der Waals surface area contributed by atoms with Crippen molar-refractivity contribution in [3.05, 3.63) is 25.3 Å². The van der Waals surface area contributed by atoms with Crippen molar-refractivity contribution in [1.29, 1.82) is 0 Å². The highest BCUT2D eigenvalue weighted by atomic mass is 32.7. The molecule has 3 aliphatic rings. The van der Waals surface area contributed by atoms with Crippen molar-refractivity contribution in [2.45, 2.75) is 55.6 Å². The quantitative estimate of drug-likeness (QED) is 0.203. The van der Waals surface area contributed by atoms with Crippen molar-refractivity contribution >= 4 is 61.3 Å². The van der Waals surface area contributed by atoms with E-state index in [0.29, 0.717) is 0 Å². The van der Waals surface area contributed by atoms with E-state index < -0.39 is 77.0 Å². The third-order valence-corrected chi connectivity index (χ3v) is 9.96. The molecule has 7 rings (SSSR count). The van der Waals surface area contributed by atoms with E-state index in [9.17, 15) is 9.13 Å². The lowest BCUT2D eigenvalue weighted by atomic mass is 9.98. The molecular formula is C21H24F2N10O8P2S. The van der Waals surface area contributed by atoms with Gasteiger partial charge in [-0.25, -0.2) is 43.2 Å². The average Bonchev–Trinajstić information content (AvgIpc) is 3.72. The molecule has 10 atom stereocenters. The molecule has 3 saturated heterocycles. The van der Waals surface area contributed by atoms with Gasteiger partial charge in [0.15, 0.2) is 47.2 Å². The Balaban J connectivity index is 1.16. The van der Waals surface area contributed by atoms with Gasteiger partial charge < -0.3 is 30.0 Å². The van der Waals surface area contributed by atoms with Gasteiger partial charge in [0, 0.05) is 0 Å². The van der Waals surface area contributed by atoms with Gasteiger partial charge >= 0.3 is 15.1 Å². The molecule has 0 radical (unpaired) electrons. The molecule has 0 spiro atoms. The van der Waals surface area contributed by atoms with Gasteiger partial charge in [-0.1, -0.05) is 12.2 Å². The van der Waals surface area contributed by atoms with Crippen molar-refractivity contribution in [3.8, 4) is 0 Å². The first-order valence-corrected chi connectivity index (χ1v) is 16.9. The summed E-state index contributed by atoms with van der Waals surface area (Å²) in [7, 11) is -3.47. The minimum absolute atomic E-state index is 0.0600. The van der Waals surface area contributed by atoms with Gasteiger partial charge in [0.25, 0.3) is 0 Å². The number of ether oxygens (including phenoxy) is 2. The molecule has 236 valence electrons. The number of halogens is 2. The third-order valence-electron chi connectivity index (χ3n) is 7.49. The van der Waals surface area contributed by atoms with Gasteiger partial charge in [-0.3, -0.25) is 22.7 Å². The van der Waals surface area contributed by atoms with Gasteiger partial charge in [0.1, 0.15) is 48.1 Å². The number of nitrogens with two attached hydrogens (primary N) is 2. The highest BCUT2D eigenvalue weighted by Crippen LogP contribution is 2.58. The van der Waals surface area contributed by atoms with Crippen LogP contribution in [0.3, 0.4) is 0 Å². The number of anilines is 2. The van der Waals surface area contributed by atoms with Crippen LogP contribution in [-0.4, -0.2) is 88.5 Å². The molecule has 0 aliphatic carbocycles. The topological polar surface area (TPSA) is 229 Å². The summed E-state index contributed by atoms with van der Waals surface area (Å²) in [6, 6.07) is 0. The number of hydrogen-bond donors (Lipinski definition) is 3. The SMILES string of the molecule is C[C@@]1(F)[C@@H]2O[PH](=O)OC[C@H]3O[C@@H](n4cnc5c(N)ncnc54)[C@H](F)[C@@H]3O[P@](=O)(S)OC[C@H]2O[C@H]1n1cnc2c(N)ncnc21. The fraction of sp³-hybridized carbons (Fsp3) is 0.524. The van der Waals surface area contributed by atoms with Crippen LogP contribution in [0.5, 0.6) is 0 Å². The summed E-state index contributed by atoms with van der Waals surface area (Å²) in [5.74, 6) is 0.121. The molecule has 3 aliphatic heterocycles. The van der Waals surface area contributed by atoms with E-state index in [-0.39, 0.29) is 34.0 Å². The number of hydrogen-bond acceptors (Lipinski definition) is 16. The molecule has 0 saturated carbocycles. The summed E-state index contributed by atoms with van der Waals surface area (Å²) in [4.78, 5) is 24.1. The normalized spacial score (nSPS) is 38.3. The zero-order valence-corrected chi connectivity index (χ0v) is 25.2. The first-order chi connectivity index (χ1) is 20.9. The van der Waals surface area contributed by atoms with Crippen LogP contribution in [0.2, 0.25) is 0 Å². The summed E-state index contributed by atoms with van der Waals surface area (Å²) in [6.45, 7) is -4.41. The summed E-state index contributed by atoms with van der Waals surface area (Å²) in [5.41, 5.74) is 10.0. The lowest BCUT2D eigenvalue weighted by molar-refractivity contribution is -0.0576. The predicted octanol–water partition coefficient (Wildman–Crippen LogP) is 1.94. The number of alkyl halides is 2. The second-order valence-corrected chi connectivity index (χ2v) is 14.2. The fourth-order valence-electron chi connectivity index (χ4n) is 5.44. The van der Waals surface area contributed by atoms with Crippen molar-refractivity contribution in [3.63, 3.8) is 0 Å². The van der Waals surface area contributed by atoms with Gasteiger partial charge in [-0.2, -0.15) is 0 Å². The number of thiol groups is 1. The summed E-state index contributed by atoms with van der Waals surface area (Å²) in [5, 5.41) is 0. The van der Waals surface area contributed by atoms with E-state index in [1.165, 1.54) is 34.4 Å². The molecule has 44 heavy (non-hydrogen) atoms. The molecule has 4 N–H and O–H groups in total. The minimum atomic E-state index is -4.37. The van der Waals surface area contributed by atoms with Gasteiger partial charge in [-0.15, -0.1) is 0 Å². The van der Waals surface area contributed by atoms with Crippen LogP contribution < -0.4 is 11.5 Å². The summed E-state index contributed by atoms with van der Waals surface area (Å²) < 4.78 is 94.9. The van der Waals surface area contributed by atoms with Crippen molar-refractivity contribution in [2.75, 3.05) is 24.7 Å². The summed E-state index contributed by atoms with van der Waals surface area (Å²) >= 11 is 4.01. The van der Waals surface area contributed by atoms with E-state index in [4.69, 9.17) is 39.0 Å². The third kappa shape index (κ3) is 4.96. The molecule has 18 nitrogen and oxygen atoms in total. The first kappa shape index (κ1) is 29.8. The van der Waals surface area contributed by atoms with Gasteiger partial charge in [-0.05, 0) is 6.92 Å². The van der Waals surface area contributed by atoms with Crippen LogP contribution in [-0.2, 0) is 36.7 Å². The molecule has 23 heteroatoms. The molecule has 0 bridgehead atoms. The Bertz CT molecular complexity index is 1820. The Morgan fingerprint density at radius 3 is 2.32 bits per heavy atom. The van der Waals surface area contributed by atoms with Gasteiger partial charge in [0.2, 0.25) is 0 Å². The predicted molar refractivity (Wildman–Crippen MR) is 149 cm³/mol. The Morgan fingerprint density at radius 1 is 1.00 bits per heavy atom. The highest BCUT2D eigenvalue weighted by molar-refractivity contribution is 8.44. The number of imidazole rings is 2. The maximum atomic E-state index is 16.5. The van der Waals surface area contributed by atoms with Gasteiger partial charge in [0.05, 0.1) is 25.9 Å². The van der Waals surface area contributed by atoms with Crippen LogP contribution in [0.1, 0.15) is 19.4 Å². The summed E-state index contributed by atoms with van der Waals surface area (Å²) in [6.07, 6.45) is -5.79. The Morgan fingerprint density at radius 2 is 1.64 bits per heavy atom. The number of fused-ring (bicyclic) bond motifs is 4. The number of rotatable bonds is 2. The van der Waals surface area contributed by atoms with Crippen molar-refractivity contribution in [1.82, 2.24) is 39.0 Å². The second-order valence-electron chi connectivity index (χ2n) is 10.3. The van der Waals surface area contributed by atoms with E-state index in [1.807, 2.05) is 0 Å². The van der Waals surface area contributed by atoms with Crippen LogP contribution in [0.4, 0.5) is 20.4 Å². The number of aromatic nitrogens is 8. The molecule has 4 aromatic heterocycles. The Labute approximate surface area is 251 Å². The smallest absolute Gasteiger partial charge is 0.382 e. The molecule has 0 amide bonds. The van der Waals surface area contributed by atoms with Crippen LogP contribution in [0.15, 0.2) is 25.3 Å². The largest absolute Gasteiger partial charge is 0.386 e. The fourth-order valence-corrected chi connectivity index (χ4v) is 7.89. The monoisotopic (exact) mass is 676 g/mol. The maximum Gasteiger partial charge on any atom is 0.386 e.